The van der Waals surface area contributed by atoms with Crippen LogP contribution in [0, 0.1) is 0 Å². The van der Waals surface area contributed by atoms with Crippen molar-refractivity contribution in [3.05, 3.63) is 22.4 Å². The predicted molar refractivity (Wildman–Crippen MR) is 80.2 cm³/mol. The summed E-state index contributed by atoms with van der Waals surface area (Å²) in [7, 11) is 0. The van der Waals surface area contributed by atoms with Crippen molar-refractivity contribution in [2.75, 3.05) is 0 Å². The van der Waals surface area contributed by atoms with Gasteiger partial charge < -0.3 is 5.32 Å². The van der Waals surface area contributed by atoms with E-state index >= 15 is 0 Å². The second-order valence-electron chi connectivity index (χ2n) is 5.08. The van der Waals surface area contributed by atoms with Gasteiger partial charge in [-0.2, -0.15) is 0 Å². The lowest BCUT2D eigenvalue weighted by Gasteiger charge is -2.18. The number of carbonyl (C=O) groups is 2. The molecular formula is C13H13ClN4O2S. The van der Waals surface area contributed by atoms with E-state index in [9.17, 15) is 9.59 Å². The molecular weight excluding hydrogens is 312 g/mol. The molecule has 0 bridgehead atoms. The summed E-state index contributed by atoms with van der Waals surface area (Å²) in [5.41, 5.74) is -0.853. The zero-order valence-corrected chi connectivity index (χ0v) is 13.1. The van der Waals surface area contributed by atoms with Crippen molar-refractivity contribution in [3.63, 3.8) is 0 Å². The minimum atomic E-state index is -0.853. The van der Waals surface area contributed by atoms with Crippen LogP contribution in [0.5, 0.6) is 0 Å². The van der Waals surface area contributed by atoms with E-state index < -0.39 is 11.6 Å². The number of halogens is 1. The highest BCUT2D eigenvalue weighted by Gasteiger charge is 2.46. The molecule has 0 aromatic carbocycles. The van der Waals surface area contributed by atoms with Crippen LogP contribution < -0.4 is 5.32 Å². The van der Waals surface area contributed by atoms with E-state index in [1.807, 2.05) is 18.4 Å². The number of imide groups is 1. The van der Waals surface area contributed by atoms with Gasteiger partial charge >= 0.3 is 6.03 Å². The second kappa shape index (κ2) is 4.92. The molecule has 1 saturated heterocycles. The largest absolute Gasteiger partial charge is 0.325 e. The van der Waals surface area contributed by atoms with Crippen molar-refractivity contribution in [1.82, 2.24) is 20.2 Å². The molecule has 1 unspecified atom stereocenters. The summed E-state index contributed by atoms with van der Waals surface area (Å²) in [6.07, 6.45) is 0.527. The van der Waals surface area contributed by atoms with Crippen molar-refractivity contribution < 1.29 is 9.59 Å². The topological polar surface area (TPSA) is 75.2 Å². The van der Waals surface area contributed by atoms with E-state index in [0.717, 1.165) is 15.1 Å². The van der Waals surface area contributed by atoms with Gasteiger partial charge in [-0.1, -0.05) is 18.5 Å². The molecule has 2 aromatic heterocycles. The fourth-order valence-corrected chi connectivity index (χ4v) is 3.29. The highest BCUT2D eigenvalue weighted by atomic mass is 35.5. The number of hydrogen-bond acceptors (Lipinski definition) is 5. The minimum Gasteiger partial charge on any atom is -0.323 e. The van der Waals surface area contributed by atoms with Crippen molar-refractivity contribution in [2.45, 2.75) is 32.4 Å². The first-order valence-corrected chi connectivity index (χ1v) is 7.74. The maximum Gasteiger partial charge on any atom is 0.325 e. The molecule has 0 saturated carbocycles. The van der Waals surface area contributed by atoms with E-state index in [1.165, 1.54) is 11.3 Å². The molecule has 1 N–H and O–H groups in total. The minimum absolute atomic E-state index is 0.0216. The number of carbonyl (C=O) groups excluding carboxylic acids is 2. The monoisotopic (exact) mass is 324 g/mol. The van der Waals surface area contributed by atoms with Crippen molar-refractivity contribution in [1.29, 1.82) is 0 Å². The normalized spacial score (nSPS) is 22.1. The Labute approximate surface area is 130 Å². The van der Waals surface area contributed by atoms with E-state index in [2.05, 4.69) is 15.3 Å². The number of urea groups is 1. The third kappa shape index (κ3) is 2.26. The molecule has 3 rings (SSSR count). The Balaban J connectivity index is 1.92. The third-order valence-corrected chi connectivity index (χ3v) is 4.77. The molecule has 1 fully saturated rings. The summed E-state index contributed by atoms with van der Waals surface area (Å²) >= 11 is 7.54. The van der Waals surface area contributed by atoms with Gasteiger partial charge in [0.1, 0.15) is 15.5 Å². The quantitative estimate of drug-likeness (QED) is 0.695. The number of aromatic nitrogens is 2. The molecule has 110 valence electrons. The average Bonchev–Trinajstić information content (AvgIpc) is 2.99. The number of nitrogens with zero attached hydrogens (tertiary/aromatic N) is 3. The molecule has 0 spiro atoms. The maximum atomic E-state index is 12.3. The highest BCUT2D eigenvalue weighted by molar-refractivity contribution is 7.16. The molecule has 3 amide bonds. The van der Waals surface area contributed by atoms with Crippen molar-refractivity contribution in [3.8, 4) is 0 Å². The molecule has 0 radical (unpaired) electrons. The summed E-state index contributed by atoms with van der Waals surface area (Å²) in [4.78, 5) is 34.7. The Morgan fingerprint density at radius 1 is 1.43 bits per heavy atom. The number of thiophene rings is 1. The second-order valence-corrected chi connectivity index (χ2v) is 6.33. The lowest BCUT2D eigenvalue weighted by Crippen LogP contribution is -2.43. The summed E-state index contributed by atoms with van der Waals surface area (Å²) < 4.78 is 0. The molecule has 1 aliphatic heterocycles. The Bertz CT molecular complexity index is 747. The van der Waals surface area contributed by atoms with Crippen molar-refractivity contribution >= 4 is 45.1 Å². The fourth-order valence-electron chi connectivity index (χ4n) is 2.20. The molecule has 1 atom stereocenters. The smallest absolute Gasteiger partial charge is 0.323 e. The van der Waals surface area contributed by atoms with Gasteiger partial charge in [0, 0.05) is 5.39 Å². The zero-order valence-electron chi connectivity index (χ0n) is 11.5. The van der Waals surface area contributed by atoms with Crippen LogP contribution in [0.25, 0.3) is 10.2 Å². The highest BCUT2D eigenvalue weighted by Crippen LogP contribution is 2.26. The zero-order chi connectivity index (χ0) is 15.2. The van der Waals surface area contributed by atoms with Crippen molar-refractivity contribution in [2.24, 2.45) is 0 Å². The predicted octanol–water partition coefficient (Wildman–Crippen LogP) is 2.57. The lowest BCUT2D eigenvalue weighted by atomic mass is 9.99. The van der Waals surface area contributed by atoms with Gasteiger partial charge in [0.15, 0.2) is 5.82 Å². The van der Waals surface area contributed by atoms with Gasteiger partial charge in [0.2, 0.25) is 0 Å². The van der Waals surface area contributed by atoms with Gasteiger partial charge in [-0.05, 0) is 24.8 Å². The summed E-state index contributed by atoms with van der Waals surface area (Å²) in [5, 5.41) is 5.68. The number of nitrogens with one attached hydrogen (secondary N) is 1. The number of fused-ring (bicyclic) bond motifs is 1. The molecule has 0 aliphatic carbocycles. The Morgan fingerprint density at radius 2 is 2.19 bits per heavy atom. The van der Waals surface area contributed by atoms with Crippen LogP contribution in [-0.4, -0.2) is 32.3 Å². The Hall–Kier alpha value is -1.73. The third-order valence-electron chi connectivity index (χ3n) is 3.68. The first-order valence-electron chi connectivity index (χ1n) is 6.48. The maximum absolute atomic E-state index is 12.3. The van der Waals surface area contributed by atoms with Crippen LogP contribution in [-0.2, 0) is 11.3 Å². The van der Waals surface area contributed by atoms with Gasteiger partial charge in [-0.3, -0.25) is 9.69 Å². The average molecular weight is 325 g/mol. The van der Waals surface area contributed by atoms with E-state index in [-0.39, 0.29) is 12.5 Å². The summed E-state index contributed by atoms with van der Waals surface area (Å²) in [6.45, 7) is 3.59. The number of hydrogen-bond donors (Lipinski definition) is 1. The summed E-state index contributed by atoms with van der Waals surface area (Å²) in [6, 6.07) is 1.42. The Morgan fingerprint density at radius 3 is 2.86 bits per heavy atom. The van der Waals surface area contributed by atoms with E-state index in [1.54, 1.807) is 6.92 Å². The van der Waals surface area contributed by atoms with Gasteiger partial charge in [-0.15, -0.1) is 11.3 Å². The van der Waals surface area contributed by atoms with Gasteiger partial charge in [0.25, 0.3) is 5.91 Å². The van der Waals surface area contributed by atoms with Crippen LogP contribution >= 0.6 is 22.9 Å². The SMILES string of the molecule is CCC1(C)NC(=O)N(Cc2nc(Cl)c3ccsc3n2)C1=O. The first-order chi connectivity index (χ1) is 9.94. The van der Waals surface area contributed by atoms with Crippen LogP contribution in [0.4, 0.5) is 4.79 Å². The molecule has 2 aromatic rings. The Kier molecular flexibility index (Phi) is 3.33. The number of rotatable bonds is 3. The first kappa shape index (κ1) is 14.2. The van der Waals surface area contributed by atoms with Crippen LogP contribution in [0.1, 0.15) is 26.1 Å². The summed E-state index contributed by atoms with van der Waals surface area (Å²) in [5.74, 6) is 0.0970. The molecule has 1 aliphatic rings. The van der Waals surface area contributed by atoms with Crippen LogP contribution in [0.2, 0.25) is 5.15 Å². The van der Waals surface area contributed by atoms with E-state index in [0.29, 0.717) is 17.4 Å². The number of amides is 3. The van der Waals surface area contributed by atoms with Crippen LogP contribution in [0.15, 0.2) is 11.4 Å². The molecule has 3 heterocycles. The van der Waals surface area contributed by atoms with Gasteiger partial charge in [-0.25, -0.2) is 14.8 Å². The molecule has 6 nitrogen and oxygen atoms in total. The fraction of sp³-hybridized carbons (Fsp3) is 0.385. The lowest BCUT2D eigenvalue weighted by molar-refractivity contribution is -0.131. The van der Waals surface area contributed by atoms with Gasteiger partial charge in [0.05, 0.1) is 6.54 Å². The molecule has 21 heavy (non-hydrogen) atoms. The standard InChI is InChI=1S/C13H13ClN4O2S/c1-3-13(2)11(19)18(12(20)17-13)6-8-15-9(14)7-4-5-21-10(7)16-8/h4-5H,3,6H2,1-2H3,(H,17,20). The van der Waals surface area contributed by atoms with Crippen LogP contribution in [0.3, 0.4) is 0 Å². The molecule has 8 heteroatoms. The van der Waals surface area contributed by atoms with E-state index in [4.69, 9.17) is 11.6 Å².